The van der Waals surface area contributed by atoms with E-state index < -0.39 is 48.7 Å². The monoisotopic (exact) mass is 772 g/mol. The van der Waals surface area contributed by atoms with Gasteiger partial charge in [-0.15, -0.1) is 0 Å². The van der Waals surface area contributed by atoms with Crippen molar-refractivity contribution >= 4 is 12.0 Å². The number of benzene rings is 5. The molecule has 2 N–H and O–H groups in total. The van der Waals surface area contributed by atoms with Gasteiger partial charge in [-0.05, 0) is 48.1 Å². The molecule has 0 spiro atoms. The Labute approximate surface area is 335 Å². The summed E-state index contributed by atoms with van der Waals surface area (Å²) in [6.45, 7) is 4.34. The van der Waals surface area contributed by atoms with Gasteiger partial charge in [0.2, 0.25) is 5.91 Å². The molecule has 10 nitrogen and oxygen atoms in total. The lowest BCUT2D eigenvalue weighted by atomic mass is 9.93. The van der Waals surface area contributed by atoms with E-state index in [1.165, 1.54) is 0 Å². The number of carbonyl (C=O) groups is 2. The molecule has 298 valence electrons. The van der Waals surface area contributed by atoms with E-state index in [4.69, 9.17) is 23.7 Å². The molecule has 57 heavy (non-hydrogen) atoms. The van der Waals surface area contributed by atoms with Gasteiger partial charge in [0.05, 0.1) is 33.0 Å². The molecule has 0 aliphatic carbocycles. The molecule has 5 aromatic rings. The van der Waals surface area contributed by atoms with Crippen LogP contribution in [0.1, 0.15) is 41.7 Å². The van der Waals surface area contributed by atoms with Gasteiger partial charge in [-0.3, -0.25) is 9.69 Å². The van der Waals surface area contributed by atoms with E-state index in [0.717, 1.165) is 32.7 Å². The maximum atomic E-state index is 14.0. The van der Waals surface area contributed by atoms with Crippen molar-refractivity contribution in [3.05, 3.63) is 179 Å². The maximum absolute atomic E-state index is 14.0. The summed E-state index contributed by atoms with van der Waals surface area (Å²) in [4.78, 5) is 28.7. The van der Waals surface area contributed by atoms with E-state index in [9.17, 15) is 14.7 Å². The summed E-state index contributed by atoms with van der Waals surface area (Å²) in [7, 11) is 0. The number of nitrogens with zero attached hydrogens (tertiary/aromatic N) is 1. The molecular weight excluding hydrogens is 721 g/mol. The van der Waals surface area contributed by atoms with Crippen LogP contribution in [0.5, 0.6) is 0 Å². The molecule has 1 saturated heterocycles. The molecular formula is C47H52N2O8. The second kappa shape index (κ2) is 21.2. The highest BCUT2D eigenvalue weighted by molar-refractivity contribution is 5.85. The summed E-state index contributed by atoms with van der Waals surface area (Å²) in [6.07, 6.45) is -4.50. The lowest BCUT2D eigenvalue weighted by Gasteiger charge is -2.50. The third-order valence-electron chi connectivity index (χ3n) is 9.95. The Kier molecular flexibility index (Phi) is 15.4. The minimum Gasteiger partial charge on any atom is -0.465 e. The summed E-state index contributed by atoms with van der Waals surface area (Å²) < 4.78 is 33.1. The summed E-state index contributed by atoms with van der Waals surface area (Å²) in [5, 5.41) is 14.1. The van der Waals surface area contributed by atoms with Crippen LogP contribution in [0.2, 0.25) is 0 Å². The van der Waals surface area contributed by atoms with Crippen molar-refractivity contribution in [2.45, 2.75) is 89.4 Å². The Morgan fingerprint density at radius 2 is 1.04 bits per heavy atom. The maximum Gasteiger partial charge on any atom is 0.408 e. The molecule has 1 aliphatic rings. The molecule has 1 heterocycles. The van der Waals surface area contributed by atoms with Gasteiger partial charge in [0.15, 0.2) is 6.29 Å². The van der Waals surface area contributed by atoms with Crippen LogP contribution in [0.15, 0.2) is 152 Å². The van der Waals surface area contributed by atoms with Crippen LogP contribution in [0.3, 0.4) is 0 Å². The van der Waals surface area contributed by atoms with E-state index in [0.29, 0.717) is 13.0 Å². The Bertz CT molecular complexity index is 1920. The highest BCUT2D eigenvalue weighted by atomic mass is 16.7. The number of carbonyl (C=O) groups excluding carboxylic acids is 1. The number of rotatable bonds is 19. The zero-order valence-electron chi connectivity index (χ0n) is 32.5. The van der Waals surface area contributed by atoms with E-state index in [2.05, 4.69) is 5.32 Å². The molecule has 6 rings (SSSR count). The van der Waals surface area contributed by atoms with Crippen molar-refractivity contribution < 1.29 is 38.4 Å². The smallest absolute Gasteiger partial charge is 0.408 e. The molecule has 5 aromatic carbocycles. The number of hydrogen-bond donors (Lipinski definition) is 2. The Morgan fingerprint density at radius 1 is 0.614 bits per heavy atom. The summed E-state index contributed by atoms with van der Waals surface area (Å²) in [5.74, 6) is -0.459. The fourth-order valence-electron chi connectivity index (χ4n) is 7.06. The summed E-state index contributed by atoms with van der Waals surface area (Å²) in [6, 6.07) is 46.0. The third kappa shape index (κ3) is 12.1. The van der Waals surface area contributed by atoms with E-state index in [1.807, 2.05) is 159 Å². The zero-order chi connectivity index (χ0) is 39.8. The average molecular weight is 773 g/mol. The molecule has 0 radical (unpaired) electrons. The topological polar surface area (TPSA) is 116 Å². The standard InChI is InChI=1S/C47H52N2O8/c1-34(28-36-18-8-3-9-19-36)48-45(50)35(2)49(47(51)52)42-44(55-31-39-24-14-6-15-25-39)43(54-30-38-22-12-5-13-23-38)41(33-53-29-37-20-10-4-11-21-37)57-46(42)56-32-40-26-16-7-17-27-40/h3-27,34-35,41-44,46H,28-33H2,1-2H3,(H,48,50)(H,51,52)/t34-,35+,41+,42+,43+,44+,46?/m0/s1. The zero-order valence-corrected chi connectivity index (χ0v) is 32.5. The molecule has 0 bridgehead atoms. The summed E-state index contributed by atoms with van der Waals surface area (Å²) in [5.41, 5.74) is 4.70. The molecule has 0 aromatic heterocycles. The lowest BCUT2D eigenvalue weighted by Crippen LogP contribution is -2.69. The second-order valence-electron chi connectivity index (χ2n) is 14.3. The first-order valence-electron chi connectivity index (χ1n) is 19.4. The minimum atomic E-state index is -1.33. The van der Waals surface area contributed by atoms with Crippen LogP contribution in [-0.4, -0.2) is 71.3 Å². The summed E-state index contributed by atoms with van der Waals surface area (Å²) >= 11 is 0. The molecule has 1 fully saturated rings. The predicted molar refractivity (Wildman–Crippen MR) is 217 cm³/mol. The van der Waals surface area contributed by atoms with Gasteiger partial charge < -0.3 is 34.1 Å². The normalized spacial score (nSPS) is 20.3. The van der Waals surface area contributed by atoms with Crippen LogP contribution in [0.4, 0.5) is 4.79 Å². The van der Waals surface area contributed by atoms with Gasteiger partial charge >= 0.3 is 6.09 Å². The van der Waals surface area contributed by atoms with Crippen molar-refractivity contribution in [1.82, 2.24) is 10.2 Å². The number of hydrogen-bond acceptors (Lipinski definition) is 7. The lowest BCUT2D eigenvalue weighted by molar-refractivity contribution is -0.307. The van der Waals surface area contributed by atoms with Crippen LogP contribution in [-0.2, 0) is 61.3 Å². The second-order valence-corrected chi connectivity index (χ2v) is 14.3. The quantitative estimate of drug-likeness (QED) is 0.0875. The van der Waals surface area contributed by atoms with Crippen molar-refractivity contribution in [2.24, 2.45) is 0 Å². The van der Waals surface area contributed by atoms with Crippen molar-refractivity contribution in [1.29, 1.82) is 0 Å². The van der Waals surface area contributed by atoms with Gasteiger partial charge in [0, 0.05) is 6.04 Å². The molecule has 2 amide bonds. The van der Waals surface area contributed by atoms with Crippen LogP contribution in [0.25, 0.3) is 0 Å². The largest absolute Gasteiger partial charge is 0.465 e. The Morgan fingerprint density at radius 3 is 1.51 bits per heavy atom. The predicted octanol–water partition coefficient (Wildman–Crippen LogP) is 7.80. The average Bonchev–Trinajstić information content (AvgIpc) is 3.24. The minimum absolute atomic E-state index is 0.0948. The highest BCUT2D eigenvalue weighted by Gasteiger charge is 2.53. The van der Waals surface area contributed by atoms with Crippen LogP contribution < -0.4 is 5.32 Å². The van der Waals surface area contributed by atoms with Crippen molar-refractivity contribution in [3.63, 3.8) is 0 Å². The SMILES string of the molecule is C[C@H](C(=O)N[C@@H](C)Cc1ccccc1)N(C(=O)O)[C@H]1C(OCc2ccccc2)O[C@H](COCc2ccccc2)[C@@H](OCc2ccccc2)[C@@H]1OCc1ccccc1. The molecule has 1 aliphatic heterocycles. The first-order chi connectivity index (χ1) is 27.9. The highest BCUT2D eigenvalue weighted by Crippen LogP contribution is 2.34. The van der Waals surface area contributed by atoms with Gasteiger partial charge in [-0.25, -0.2) is 4.79 Å². The van der Waals surface area contributed by atoms with Crippen LogP contribution in [0, 0.1) is 0 Å². The number of nitrogens with one attached hydrogen (secondary N) is 1. The fourth-order valence-corrected chi connectivity index (χ4v) is 7.06. The third-order valence-corrected chi connectivity index (χ3v) is 9.95. The molecule has 1 unspecified atom stereocenters. The molecule has 0 saturated carbocycles. The van der Waals surface area contributed by atoms with Gasteiger partial charge in [0.1, 0.15) is 30.4 Å². The first kappa shape index (κ1) is 41.3. The van der Waals surface area contributed by atoms with E-state index >= 15 is 0 Å². The molecule has 7 atom stereocenters. The van der Waals surface area contributed by atoms with Gasteiger partial charge in [0.25, 0.3) is 0 Å². The number of carboxylic acid groups (broad SMARTS) is 1. The number of amides is 2. The Balaban J connectivity index is 1.36. The van der Waals surface area contributed by atoms with E-state index in [-0.39, 0.29) is 32.5 Å². The Hall–Kier alpha value is -5.36. The van der Waals surface area contributed by atoms with Crippen molar-refractivity contribution in [3.8, 4) is 0 Å². The van der Waals surface area contributed by atoms with Crippen molar-refractivity contribution in [2.75, 3.05) is 6.61 Å². The number of ether oxygens (including phenoxy) is 5. The van der Waals surface area contributed by atoms with Gasteiger partial charge in [-0.1, -0.05) is 152 Å². The fraction of sp³-hybridized carbons (Fsp3) is 0.319. The van der Waals surface area contributed by atoms with E-state index in [1.54, 1.807) is 6.92 Å². The van der Waals surface area contributed by atoms with Gasteiger partial charge in [-0.2, -0.15) is 0 Å². The molecule has 10 heteroatoms. The first-order valence-corrected chi connectivity index (χ1v) is 19.4. The van der Waals surface area contributed by atoms with Crippen LogP contribution >= 0.6 is 0 Å².